The summed E-state index contributed by atoms with van der Waals surface area (Å²) in [6.07, 6.45) is 4.51. The normalized spacial score (nSPS) is 20.6. The van der Waals surface area contributed by atoms with Gasteiger partial charge in [-0.15, -0.1) is 0 Å². The third-order valence-electron chi connectivity index (χ3n) is 2.58. The van der Waals surface area contributed by atoms with E-state index in [9.17, 15) is 4.79 Å². The van der Waals surface area contributed by atoms with Crippen LogP contribution in [-0.2, 0) is 9.53 Å². The van der Waals surface area contributed by atoms with Crippen molar-refractivity contribution in [3.05, 3.63) is 0 Å². The Hall–Kier alpha value is -0.570. The Labute approximate surface area is 79.6 Å². The summed E-state index contributed by atoms with van der Waals surface area (Å²) in [6, 6.07) is -0.458. The minimum absolute atomic E-state index is 0.136. The Morgan fingerprint density at radius 2 is 1.92 bits per heavy atom. The molecule has 13 heavy (non-hydrogen) atoms. The zero-order valence-corrected chi connectivity index (χ0v) is 8.45. The van der Waals surface area contributed by atoms with Crippen LogP contribution in [0.15, 0.2) is 0 Å². The second-order valence-electron chi connectivity index (χ2n) is 4.11. The van der Waals surface area contributed by atoms with E-state index in [1.54, 1.807) is 0 Å². The van der Waals surface area contributed by atoms with Gasteiger partial charge in [0, 0.05) is 0 Å². The summed E-state index contributed by atoms with van der Waals surface area (Å²) in [6.45, 7) is 3.86. The lowest BCUT2D eigenvalue weighted by Gasteiger charge is -2.17. The number of carbonyl (C=O) groups excluding carboxylic acids is 1. The molecular weight excluding hydrogens is 166 g/mol. The number of ether oxygens (including phenoxy) is 1. The van der Waals surface area contributed by atoms with Gasteiger partial charge < -0.3 is 10.5 Å². The second-order valence-corrected chi connectivity index (χ2v) is 4.11. The Bertz CT molecular complexity index is 174. The molecule has 1 atom stereocenters. The monoisotopic (exact) mass is 185 g/mol. The number of rotatable bonds is 3. The van der Waals surface area contributed by atoms with Crippen molar-refractivity contribution in [1.29, 1.82) is 0 Å². The van der Waals surface area contributed by atoms with E-state index in [1.807, 2.05) is 13.8 Å². The number of hydrogen-bond donors (Lipinski definition) is 1. The summed E-state index contributed by atoms with van der Waals surface area (Å²) in [5.74, 6) is -0.0733. The third kappa shape index (κ3) is 2.99. The number of hydrogen-bond acceptors (Lipinski definition) is 3. The van der Waals surface area contributed by atoms with Crippen molar-refractivity contribution >= 4 is 5.97 Å². The van der Waals surface area contributed by atoms with Crippen molar-refractivity contribution in [2.24, 2.45) is 11.7 Å². The van der Waals surface area contributed by atoms with Gasteiger partial charge in [0.05, 0.1) is 0 Å². The highest BCUT2D eigenvalue weighted by Gasteiger charge is 2.24. The van der Waals surface area contributed by atoms with Gasteiger partial charge in [0.15, 0.2) is 0 Å². The Kier molecular flexibility index (Phi) is 3.72. The summed E-state index contributed by atoms with van der Waals surface area (Å²) in [5, 5.41) is 0. The van der Waals surface area contributed by atoms with Crippen LogP contribution in [-0.4, -0.2) is 18.1 Å². The van der Waals surface area contributed by atoms with Crippen LogP contribution in [0.2, 0.25) is 0 Å². The van der Waals surface area contributed by atoms with Crippen LogP contribution >= 0.6 is 0 Å². The van der Waals surface area contributed by atoms with Gasteiger partial charge in [0.2, 0.25) is 0 Å². The molecule has 1 saturated carbocycles. The molecule has 0 spiro atoms. The molecule has 0 amide bonds. The van der Waals surface area contributed by atoms with Gasteiger partial charge in [-0.05, 0) is 31.6 Å². The van der Waals surface area contributed by atoms with Crippen molar-refractivity contribution in [2.45, 2.75) is 51.7 Å². The molecular formula is C10H19NO2. The minimum atomic E-state index is -0.458. The van der Waals surface area contributed by atoms with Crippen LogP contribution < -0.4 is 5.73 Å². The summed E-state index contributed by atoms with van der Waals surface area (Å²) in [4.78, 5) is 11.4. The molecule has 3 nitrogen and oxygen atoms in total. The van der Waals surface area contributed by atoms with Crippen LogP contribution in [0.4, 0.5) is 0 Å². The fourth-order valence-electron chi connectivity index (χ4n) is 1.52. The Balaban J connectivity index is 2.31. The van der Waals surface area contributed by atoms with Gasteiger partial charge in [0.25, 0.3) is 0 Å². The van der Waals surface area contributed by atoms with Crippen LogP contribution in [0, 0.1) is 5.92 Å². The maximum Gasteiger partial charge on any atom is 0.323 e. The third-order valence-corrected chi connectivity index (χ3v) is 2.58. The number of nitrogens with two attached hydrogens (primary N) is 1. The average Bonchev–Trinajstić information content (AvgIpc) is 2.55. The lowest BCUT2D eigenvalue weighted by Crippen LogP contribution is -2.38. The quantitative estimate of drug-likeness (QED) is 0.677. The van der Waals surface area contributed by atoms with E-state index in [1.165, 1.54) is 12.8 Å². The first kappa shape index (κ1) is 10.5. The molecule has 1 fully saturated rings. The van der Waals surface area contributed by atoms with Gasteiger partial charge in [-0.25, -0.2) is 0 Å². The number of carbonyl (C=O) groups is 1. The topological polar surface area (TPSA) is 52.3 Å². The van der Waals surface area contributed by atoms with E-state index in [4.69, 9.17) is 10.5 Å². The number of esters is 1. The fourth-order valence-corrected chi connectivity index (χ4v) is 1.52. The van der Waals surface area contributed by atoms with E-state index >= 15 is 0 Å². The van der Waals surface area contributed by atoms with E-state index in [0.717, 1.165) is 12.8 Å². The lowest BCUT2D eigenvalue weighted by atomic mass is 10.1. The molecule has 0 aromatic heterocycles. The van der Waals surface area contributed by atoms with Crippen LogP contribution in [0.1, 0.15) is 39.5 Å². The molecule has 0 aromatic rings. The smallest absolute Gasteiger partial charge is 0.323 e. The molecule has 0 saturated heterocycles. The van der Waals surface area contributed by atoms with Gasteiger partial charge in [-0.3, -0.25) is 4.79 Å². The second kappa shape index (κ2) is 4.61. The zero-order valence-electron chi connectivity index (χ0n) is 8.45. The zero-order chi connectivity index (χ0) is 9.84. The molecule has 0 unspecified atom stereocenters. The van der Waals surface area contributed by atoms with E-state index in [2.05, 4.69) is 0 Å². The Morgan fingerprint density at radius 3 is 2.38 bits per heavy atom. The first-order valence-electron chi connectivity index (χ1n) is 5.07. The fraction of sp³-hybridized carbons (Fsp3) is 0.900. The standard InChI is InChI=1S/C10H19NO2/c1-7(2)9(11)10(12)13-8-5-3-4-6-8/h7-9H,3-6,11H2,1-2H3/t9-/m1/s1. The molecule has 76 valence electrons. The predicted molar refractivity (Wildman–Crippen MR) is 51.2 cm³/mol. The van der Waals surface area contributed by atoms with Crippen LogP contribution in [0.5, 0.6) is 0 Å². The highest BCUT2D eigenvalue weighted by Crippen LogP contribution is 2.21. The highest BCUT2D eigenvalue weighted by molar-refractivity contribution is 5.75. The molecule has 0 aliphatic heterocycles. The van der Waals surface area contributed by atoms with Crippen molar-refractivity contribution in [3.8, 4) is 0 Å². The summed E-state index contributed by atoms with van der Waals surface area (Å²) < 4.78 is 5.27. The highest BCUT2D eigenvalue weighted by atomic mass is 16.5. The van der Waals surface area contributed by atoms with Gasteiger partial charge in [0.1, 0.15) is 12.1 Å². The van der Waals surface area contributed by atoms with Gasteiger partial charge in [-0.2, -0.15) is 0 Å². The first-order chi connectivity index (χ1) is 6.11. The molecule has 0 aromatic carbocycles. The van der Waals surface area contributed by atoms with E-state index in [0.29, 0.717) is 0 Å². The maximum absolute atomic E-state index is 11.4. The Morgan fingerprint density at radius 1 is 1.38 bits per heavy atom. The summed E-state index contributed by atoms with van der Waals surface area (Å²) in [5.41, 5.74) is 5.66. The van der Waals surface area contributed by atoms with Crippen molar-refractivity contribution in [2.75, 3.05) is 0 Å². The molecule has 0 radical (unpaired) electrons. The molecule has 1 aliphatic rings. The molecule has 1 aliphatic carbocycles. The van der Waals surface area contributed by atoms with Gasteiger partial charge >= 0.3 is 5.97 Å². The first-order valence-corrected chi connectivity index (χ1v) is 5.07. The van der Waals surface area contributed by atoms with Crippen molar-refractivity contribution in [1.82, 2.24) is 0 Å². The predicted octanol–water partition coefficient (Wildman–Crippen LogP) is 1.46. The average molecular weight is 185 g/mol. The summed E-state index contributed by atoms with van der Waals surface area (Å²) in [7, 11) is 0. The minimum Gasteiger partial charge on any atom is -0.461 e. The molecule has 2 N–H and O–H groups in total. The lowest BCUT2D eigenvalue weighted by molar-refractivity contribution is -0.151. The largest absolute Gasteiger partial charge is 0.461 e. The van der Waals surface area contributed by atoms with Crippen molar-refractivity contribution < 1.29 is 9.53 Å². The van der Waals surface area contributed by atoms with E-state index in [-0.39, 0.29) is 18.0 Å². The summed E-state index contributed by atoms with van der Waals surface area (Å²) >= 11 is 0. The maximum atomic E-state index is 11.4. The van der Waals surface area contributed by atoms with Gasteiger partial charge in [-0.1, -0.05) is 13.8 Å². The van der Waals surface area contributed by atoms with Crippen molar-refractivity contribution in [3.63, 3.8) is 0 Å². The SMILES string of the molecule is CC(C)[C@@H](N)C(=O)OC1CCCC1. The molecule has 3 heteroatoms. The molecule has 0 heterocycles. The molecule has 0 bridgehead atoms. The van der Waals surface area contributed by atoms with Crippen LogP contribution in [0.3, 0.4) is 0 Å². The van der Waals surface area contributed by atoms with E-state index < -0.39 is 6.04 Å². The van der Waals surface area contributed by atoms with Crippen LogP contribution in [0.25, 0.3) is 0 Å². The molecule has 1 rings (SSSR count).